The second-order valence-corrected chi connectivity index (χ2v) is 8.06. The van der Waals surface area contributed by atoms with Gasteiger partial charge in [-0.1, -0.05) is 53.9 Å². The minimum absolute atomic E-state index is 0.473. The Hall–Kier alpha value is -0.0400. The van der Waals surface area contributed by atoms with E-state index >= 15 is 0 Å². The zero-order valence-corrected chi connectivity index (χ0v) is 14.1. The van der Waals surface area contributed by atoms with Gasteiger partial charge in [-0.05, 0) is 55.9 Å². The van der Waals surface area contributed by atoms with Crippen LogP contribution in [0.5, 0.6) is 0 Å². The molecule has 1 heteroatoms. The van der Waals surface area contributed by atoms with Gasteiger partial charge in [0.15, 0.2) is 0 Å². The minimum atomic E-state index is 0.473. The summed E-state index contributed by atoms with van der Waals surface area (Å²) in [5.41, 5.74) is 0.473. The van der Waals surface area contributed by atoms with Crippen LogP contribution in [-0.2, 0) is 0 Å². The maximum atomic E-state index is 3.86. The summed E-state index contributed by atoms with van der Waals surface area (Å²) in [7, 11) is 0. The zero-order valence-electron chi connectivity index (χ0n) is 14.1. The molecule has 1 N–H and O–H groups in total. The Labute approximate surface area is 121 Å². The summed E-state index contributed by atoms with van der Waals surface area (Å²) in [4.78, 5) is 0. The summed E-state index contributed by atoms with van der Waals surface area (Å²) in [6.45, 7) is 13.1. The smallest absolute Gasteiger partial charge is 0.00978 e. The van der Waals surface area contributed by atoms with Gasteiger partial charge >= 0.3 is 0 Å². The van der Waals surface area contributed by atoms with Gasteiger partial charge in [0.1, 0.15) is 0 Å². The molecule has 0 spiro atoms. The molecular weight excluding hydrogens is 230 g/mol. The van der Waals surface area contributed by atoms with Crippen LogP contribution in [0.25, 0.3) is 0 Å². The van der Waals surface area contributed by atoms with E-state index in [1.54, 1.807) is 0 Å². The van der Waals surface area contributed by atoms with E-state index in [0.29, 0.717) is 5.41 Å². The van der Waals surface area contributed by atoms with Gasteiger partial charge in [-0.15, -0.1) is 0 Å². The van der Waals surface area contributed by atoms with E-state index in [4.69, 9.17) is 0 Å². The number of hydrogen-bond donors (Lipinski definition) is 1. The van der Waals surface area contributed by atoms with Crippen LogP contribution < -0.4 is 5.32 Å². The van der Waals surface area contributed by atoms with Gasteiger partial charge in [-0.25, -0.2) is 0 Å². The Morgan fingerprint density at radius 3 is 2.26 bits per heavy atom. The highest BCUT2D eigenvalue weighted by Crippen LogP contribution is 2.32. The van der Waals surface area contributed by atoms with Crippen molar-refractivity contribution >= 4 is 0 Å². The molecule has 0 aromatic heterocycles. The molecule has 1 rings (SSSR count). The largest absolute Gasteiger partial charge is 0.314 e. The molecule has 0 saturated heterocycles. The Kier molecular flexibility index (Phi) is 7.42. The van der Waals surface area contributed by atoms with Crippen molar-refractivity contribution in [1.82, 2.24) is 5.32 Å². The third-order valence-electron chi connectivity index (χ3n) is 4.49. The molecule has 1 saturated carbocycles. The van der Waals surface area contributed by atoms with E-state index in [1.165, 1.54) is 57.9 Å². The lowest BCUT2D eigenvalue weighted by Gasteiger charge is -2.34. The topological polar surface area (TPSA) is 12.0 Å². The molecule has 0 amide bonds. The summed E-state index contributed by atoms with van der Waals surface area (Å²) < 4.78 is 0. The third kappa shape index (κ3) is 7.34. The zero-order chi connectivity index (χ0) is 14.3. The molecule has 1 fully saturated rings. The van der Waals surface area contributed by atoms with Crippen LogP contribution in [0.4, 0.5) is 0 Å². The number of nitrogens with one attached hydrogen (secondary N) is 1. The van der Waals surface area contributed by atoms with Crippen LogP contribution >= 0.6 is 0 Å². The summed E-state index contributed by atoms with van der Waals surface area (Å²) in [5, 5.41) is 3.86. The van der Waals surface area contributed by atoms with Crippen LogP contribution in [-0.4, -0.2) is 12.6 Å². The normalized spacial score (nSPS) is 21.3. The fraction of sp³-hybridized carbons (Fsp3) is 1.00. The monoisotopic (exact) mass is 267 g/mol. The lowest BCUT2D eigenvalue weighted by Crippen LogP contribution is -2.39. The Morgan fingerprint density at radius 1 is 1.11 bits per heavy atom. The fourth-order valence-corrected chi connectivity index (χ4v) is 3.87. The van der Waals surface area contributed by atoms with Crippen molar-refractivity contribution in [2.75, 3.05) is 6.54 Å². The summed E-state index contributed by atoms with van der Waals surface area (Å²) in [5.74, 6) is 1.79. The summed E-state index contributed by atoms with van der Waals surface area (Å²) in [6.07, 6.45) is 11.3. The highest BCUT2D eigenvalue weighted by Gasteiger charge is 2.26. The van der Waals surface area contributed by atoms with Gasteiger partial charge in [0.25, 0.3) is 0 Å². The molecule has 1 aliphatic carbocycles. The first-order valence-corrected chi connectivity index (χ1v) is 8.65. The second kappa shape index (κ2) is 8.29. The minimum Gasteiger partial charge on any atom is -0.314 e. The molecule has 19 heavy (non-hydrogen) atoms. The molecule has 0 heterocycles. The number of hydrogen-bond acceptors (Lipinski definition) is 1. The fourth-order valence-electron chi connectivity index (χ4n) is 3.87. The molecule has 0 aliphatic heterocycles. The van der Waals surface area contributed by atoms with Crippen molar-refractivity contribution in [2.24, 2.45) is 17.3 Å². The van der Waals surface area contributed by atoms with Gasteiger partial charge in [0.05, 0.1) is 0 Å². The lowest BCUT2D eigenvalue weighted by molar-refractivity contribution is 0.211. The van der Waals surface area contributed by atoms with Crippen molar-refractivity contribution in [2.45, 2.75) is 92.0 Å². The first-order chi connectivity index (χ1) is 8.92. The molecule has 0 bridgehead atoms. The van der Waals surface area contributed by atoms with Crippen LogP contribution in [0.3, 0.4) is 0 Å². The van der Waals surface area contributed by atoms with Crippen LogP contribution in [0.2, 0.25) is 0 Å². The van der Waals surface area contributed by atoms with Crippen molar-refractivity contribution < 1.29 is 0 Å². The maximum Gasteiger partial charge on any atom is 0.00978 e. The third-order valence-corrected chi connectivity index (χ3v) is 4.49. The van der Waals surface area contributed by atoms with E-state index in [-0.39, 0.29) is 0 Å². The van der Waals surface area contributed by atoms with Crippen LogP contribution in [0.1, 0.15) is 86.0 Å². The van der Waals surface area contributed by atoms with Gasteiger partial charge in [-0.3, -0.25) is 0 Å². The number of rotatable bonds is 7. The van der Waals surface area contributed by atoms with E-state index in [2.05, 4.69) is 39.9 Å². The molecule has 2 unspecified atom stereocenters. The highest BCUT2D eigenvalue weighted by atomic mass is 14.9. The van der Waals surface area contributed by atoms with Crippen molar-refractivity contribution in [3.63, 3.8) is 0 Å². The Morgan fingerprint density at radius 2 is 1.74 bits per heavy atom. The van der Waals surface area contributed by atoms with E-state index < -0.39 is 0 Å². The van der Waals surface area contributed by atoms with Gasteiger partial charge < -0.3 is 5.32 Å². The first-order valence-electron chi connectivity index (χ1n) is 8.65. The molecule has 1 aliphatic rings. The predicted octanol–water partition coefficient (Wildman–Crippen LogP) is 5.40. The molecule has 114 valence electrons. The first kappa shape index (κ1) is 17.0. The quantitative estimate of drug-likeness (QED) is 0.651. The SMILES string of the molecule is CCCNC(CC(C)CC(C)(C)C)C1CCCCC1. The van der Waals surface area contributed by atoms with Crippen molar-refractivity contribution in [3.8, 4) is 0 Å². The van der Waals surface area contributed by atoms with Crippen molar-refractivity contribution in [3.05, 3.63) is 0 Å². The molecular formula is C18H37N. The lowest BCUT2D eigenvalue weighted by atomic mass is 9.77. The standard InChI is InChI=1S/C18H37N/c1-6-12-19-17(16-10-8-7-9-11-16)13-15(2)14-18(3,4)5/h15-17,19H,6-14H2,1-5H3. The van der Waals surface area contributed by atoms with Crippen LogP contribution in [0.15, 0.2) is 0 Å². The van der Waals surface area contributed by atoms with Gasteiger partial charge in [0.2, 0.25) is 0 Å². The summed E-state index contributed by atoms with van der Waals surface area (Å²) >= 11 is 0. The highest BCUT2D eigenvalue weighted by molar-refractivity contribution is 4.82. The Bertz CT molecular complexity index is 222. The Balaban J connectivity index is 2.47. The van der Waals surface area contributed by atoms with Gasteiger partial charge in [-0.2, -0.15) is 0 Å². The maximum absolute atomic E-state index is 3.86. The molecule has 0 aromatic carbocycles. The molecule has 1 nitrogen and oxygen atoms in total. The summed E-state index contributed by atoms with van der Waals surface area (Å²) in [6, 6.07) is 0.776. The average molecular weight is 268 g/mol. The second-order valence-electron chi connectivity index (χ2n) is 8.06. The predicted molar refractivity (Wildman–Crippen MR) is 86.5 cm³/mol. The van der Waals surface area contributed by atoms with E-state index in [9.17, 15) is 0 Å². The molecule has 2 atom stereocenters. The average Bonchev–Trinajstić information content (AvgIpc) is 2.33. The molecule has 0 aromatic rings. The molecule has 0 radical (unpaired) electrons. The van der Waals surface area contributed by atoms with E-state index in [1.807, 2.05) is 0 Å². The van der Waals surface area contributed by atoms with E-state index in [0.717, 1.165) is 17.9 Å². The van der Waals surface area contributed by atoms with Crippen LogP contribution in [0, 0.1) is 17.3 Å². The van der Waals surface area contributed by atoms with Crippen molar-refractivity contribution in [1.29, 1.82) is 0 Å². The van der Waals surface area contributed by atoms with Gasteiger partial charge in [0, 0.05) is 6.04 Å².